The van der Waals surface area contributed by atoms with E-state index in [1.54, 1.807) is 42.1 Å². The van der Waals surface area contributed by atoms with Crippen LogP contribution in [-0.2, 0) is 4.79 Å². The number of anilines is 2. The van der Waals surface area contributed by atoms with Gasteiger partial charge in [0.25, 0.3) is 0 Å². The van der Waals surface area contributed by atoms with E-state index in [0.717, 1.165) is 41.6 Å². The Morgan fingerprint density at radius 3 is 2.90 bits per heavy atom. The molecule has 0 radical (unpaired) electrons. The van der Waals surface area contributed by atoms with Gasteiger partial charge in [0.2, 0.25) is 5.91 Å². The summed E-state index contributed by atoms with van der Waals surface area (Å²) in [5, 5.41) is 6.11. The van der Waals surface area contributed by atoms with Gasteiger partial charge in [-0.25, -0.2) is 19.9 Å². The first-order chi connectivity index (χ1) is 14.6. The number of amides is 1. The van der Waals surface area contributed by atoms with Gasteiger partial charge in [0.05, 0.1) is 16.9 Å². The van der Waals surface area contributed by atoms with Crippen LogP contribution in [0.5, 0.6) is 0 Å². The van der Waals surface area contributed by atoms with E-state index in [9.17, 15) is 4.79 Å². The number of aromatic nitrogens is 5. The molecule has 1 aliphatic rings. The first kappa shape index (κ1) is 20.1. The van der Waals surface area contributed by atoms with Crippen LogP contribution in [0.15, 0.2) is 36.1 Å². The summed E-state index contributed by atoms with van der Waals surface area (Å²) in [7, 11) is 0. The van der Waals surface area contributed by atoms with Crippen molar-refractivity contribution in [2.24, 2.45) is 0 Å². The molecule has 1 fully saturated rings. The van der Waals surface area contributed by atoms with Crippen molar-refractivity contribution in [3.63, 3.8) is 0 Å². The summed E-state index contributed by atoms with van der Waals surface area (Å²) in [6.07, 6.45) is 10.2. The second-order valence-corrected chi connectivity index (χ2v) is 8.28. The molecule has 30 heavy (non-hydrogen) atoms. The quantitative estimate of drug-likeness (QED) is 0.630. The van der Waals surface area contributed by atoms with Gasteiger partial charge in [-0.3, -0.25) is 9.78 Å². The summed E-state index contributed by atoms with van der Waals surface area (Å²) in [5.74, 6) is 2.15. The van der Waals surface area contributed by atoms with Gasteiger partial charge in [-0.1, -0.05) is 0 Å². The predicted octanol–water partition coefficient (Wildman–Crippen LogP) is 3.50. The number of carbonyl (C=O) groups is 1. The lowest BCUT2D eigenvalue weighted by Gasteiger charge is -2.31. The van der Waals surface area contributed by atoms with Crippen LogP contribution in [0.2, 0.25) is 0 Å². The van der Waals surface area contributed by atoms with Crippen LogP contribution in [0, 0.1) is 13.8 Å². The number of likely N-dealkylation sites (tertiary alicyclic amines) is 1. The van der Waals surface area contributed by atoms with Crippen molar-refractivity contribution in [3.05, 3.63) is 58.3 Å². The van der Waals surface area contributed by atoms with Crippen molar-refractivity contribution < 1.29 is 4.79 Å². The molecule has 0 aromatic carbocycles. The third-order valence-corrected chi connectivity index (χ3v) is 5.61. The maximum atomic E-state index is 12.7. The standard InChI is InChI=1S/C21H23N7OS/c1-14-10-18(26-19-11-22-7-8-23-19)27-21(24-14)16-4-3-9-28(12-16)20(29)6-5-17-13-30-15(2)25-17/h5-8,10-11,13,16H,3-4,9,12H2,1-2H3,(H,23,24,26,27)/b6-5+/t16-/m0/s1. The molecule has 0 spiro atoms. The fourth-order valence-electron chi connectivity index (χ4n) is 3.44. The first-order valence-corrected chi connectivity index (χ1v) is 10.7. The molecule has 4 heterocycles. The van der Waals surface area contributed by atoms with Gasteiger partial charge < -0.3 is 10.2 Å². The lowest BCUT2D eigenvalue weighted by Crippen LogP contribution is -2.38. The van der Waals surface area contributed by atoms with Crippen molar-refractivity contribution in [3.8, 4) is 0 Å². The monoisotopic (exact) mass is 421 g/mol. The molecule has 154 valence electrons. The number of hydrogen-bond acceptors (Lipinski definition) is 8. The Balaban J connectivity index is 1.46. The lowest BCUT2D eigenvalue weighted by atomic mass is 9.97. The average molecular weight is 422 g/mol. The van der Waals surface area contributed by atoms with E-state index in [1.807, 2.05) is 30.2 Å². The van der Waals surface area contributed by atoms with E-state index in [0.29, 0.717) is 18.2 Å². The van der Waals surface area contributed by atoms with Gasteiger partial charge in [-0.2, -0.15) is 0 Å². The Kier molecular flexibility index (Phi) is 6.08. The number of nitrogens with one attached hydrogen (secondary N) is 1. The average Bonchev–Trinajstić information content (AvgIpc) is 3.17. The number of nitrogens with zero attached hydrogens (tertiary/aromatic N) is 6. The second kappa shape index (κ2) is 9.08. The van der Waals surface area contributed by atoms with E-state index in [1.165, 1.54) is 0 Å². The third kappa shape index (κ3) is 5.04. The largest absolute Gasteiger partial charge is 0.338 e. The summed E-state index contributed by atoms with van der Waals surface area (Å²) in [4.78, 5) is 36.5. The number of hydrogen-bond donors (Lipinski definition) is 1. The predicted molar refractivity (Wildman–Crippen MR) is 117 cm³/mol. The molecule has 3 aromatic rings. The third-order valence-electron chi connectivity index (χ3n) is 4.82. The molecule has 1 amide bonds. The molecule has 8 nitrogen and oxygen atoms in total. The second-order valence-electron chi connectivity index (χ2n) is 7.22. The van der Waals surface area contributed by atoms with Gasteiger partial charge in [-0.05, 0) is 32.8 Å². The van der Waals surface area contributed by atoms with Crippen molar-refractivity contribution in [2.45, 2.75) is 32.6 Å². The van der Waals surface area contributed by atoms with E-state index in [-0.39, 0.29) is 11.8 Å². The zero-order valence-electron chi connectivity index (χ0n) is 16.9. The minimum Gasteiger partial charge on any atom is -0.338 e. The summed E-state index contributed by atoms with van der Waals surface area (Å²) in [6.45, 7) is 5.24. The minimum absolute atomic E-state index is 0.00378. The van der Waals surface area contributed by atoms with Crippen LogP contribution in [-0.4, -0.2) is 48.8 Å². The van der Waals surface area contributed by atoms with Crippen LogP contribution in [0.4, 0.5) is 11.6 Å². The Bertz CT molecular complexity index is 1050. The van der Waals surface area contributed by atoms with Crippen molar-refractivity contribution >= 4 is 35.0 Å². The van der Waals surface area contributed by atoms with Crippen LogP contribution in [0.1, 0.15) is 41.0 Å². The van der Waals surface area contributed by atoms with Crippen LogP contribution < -0.4 is 5.32 Å². The van der Waals surface area contributed by atoms with Crippen molar-refractivity contribution in [2.75, 3.05) is 18.4 Å². The Morgan fingerprint density at radius 2 is 2.13 bits per heavy atom. The molecule has 3 aromatic heterocycles. The normalized spacial score (nSPS) is 16.7. The summed E-state index contributed by atoms with van der Waals surface area (Å²) in [5.41, 5.74) is 1.69. The van der Waals surface area contributed by atoms with Gasteiger partial charge in [-0.15, -0.1) is 11.3 Å². The summed E-state index contributed by atoms with van der Waals surface area (Å²) in [6, 6.07) is 1.88. The highest BCUT2D eigenvalue weighted by atomic mass is 32.1. The fraction of sp³-hybridized carbons (Fsp3) is 0.333. The van der Waals surface area contributed by atoms with Gasteiger partial charge in [0, 0.05) is 54.6 Å². The number of piperidine rings is 1. The highest BCUT2D eigenvalue weighted by Gasteiger charge is 2.26. The molecule has 1 N–H and O–H groups in total. The highest BCUT2D eigenvalue weighted by molar-refractivity contribution is 7.09. The number of rotatable bonds is 5. The van der Waals surface area contributed by atoms with Crippen molar-refractivity contribution in [1.29, 1.82) is 0 Å². The molecule has 0 aliphatic carbocycles. The molecule has 0 unspecified atom stereocenters. The Morgan fingerprint density at radius 1 is 1.23 bits per heavy atom. The van der Waals surface area contributed by atoms with E-state index in [4.69, 9.17) is 0 Å². The van der Waals surface area contributed by atoms with E-state index < -0.39 is 0 Å². The summed E-state index contributed by atoms with van der Waals surface area (Å²) < 4.78 is 0. The van der Waals surface area contributed by atoms with Gasteiger partial charge in [0.15, 0.2) is 0 Å². The molecule has 1 atom stereocenters. The molecular weight excluding hydrogens is 398 g/mol. The highest BCUT2D eigenvalue weighted by Crippen LogP contribution is 2.26. The molecule has 1 saturated heterocycles. The zero-order valence-corrected chi connectivity index (χ0v) is 17.8. The summed E-state index contributed by atoms with van der Waals surface area (Å²) >= 11 is 1.57. The maximum Gasteiger partial charge on any atom is 0.246 e. The van der Waals surface area contributed by atoms with Crippen LogP contribution in [0.3, 0.4) is 0 Å². The Hall–Kier alpha value is -3.20. The SMILES string of the molecule is Cc1cc(Nc2cnccn2)nc([C@H]2CCCN(C(=O)/C=C/c3csc(C)n3)C2)n1. The fourth-order valence-corrected chi connectivity index (χ4v) is 4.02. The molecular formula is C21H23N7OS. The zero-order chi connectivity index (χ0) is 20.9. The Labute approximate surface area is 179 Å². The lowest BCUT2D eigenvalue weighted by molar-refractivity contribution is -0.127. The molecule has 0 saturated carbocycles. The molecule has 0 bridgehead atoms. The smallest absolute Gasteiger partial charge is 0.246 e. The number of aryl methyl sites for hydroxylation is 2. The molecule has 1 aliphatic heterocycles. The number of thiazole rings is 1. The van der Waals surface area contributed by atoms with Crippen LogP contribution in [0.25, 0.3) is 6.08 Å². The van der Waals surface area contributed by atoms with Crippen LogP contribution >= 0.6 is 11.3 Å². The van der Waals surface area contributed by atoms with E-state index >= 15 is 0 Å². The maximum absolute atomic E-state index is 12.7. The van der Waals surface area contributed by atoms with E-state index in [2.05, 4.69) is 30.2 Å². The van der Waals surface area contributed by atoms with Gasteiger partial charge in [0.1, 0.15) is 17.5 Å². The number of carbonyl (C=O) groups excluding carboxylic acids is 1. The molecule has 9 heteroatoms. The van der Waals surface area contributed by atoms with Crippen molar-refractivity contribution in [1.82, 2.24) is 29.8 Å². The molecule has 4 rings (SSSR count). The topological polar surface area (TPSA) is 96.8 Å². The minimum atomic E-state index is -0.00378. The van der Waals surface area contributed by atoms with Gasteiger partial charge >= 0.3 is 0 Å². The first-order valence-electron chi connectivity index (χ1n) is 9.84.